The molecule has 1 heterocycles. The van der Waals surface area contributed by atoms with Crippen LogP contribution in [0.2, 0.25) is 0 Å². The molecule has 0 spiro atoms. The van der Waals surface area contributed by atoms with E-state index in [1.807, 2.05) is 0 Å². The monoisotopic (exact) mass is 446 g/mol. The second kappa shape index (κ2) is 10.4. The molecule has 9 heteroatoms. The van der Waals surface area contributed by atoms with E-state index in [9.17, 15) is 29.4 Å². The van der Waals surface area contributed by atoms with E-state index in [0.29, 0.717) is 0 Å². The largest absolute Gasteiger partial charge is 0.477 e. The predicted molar refractivity (Wildman–Crippen MR) is 118 cm³/mol. The molecule has 2 aromatic carbocycles. The molecule has 0 aliphatic carbocycles. The van der Waals surface area contributed by atoms with Crippen molar-refractivity contribution in [3.05, 3.63) is 107 Å². The lowest BCUT2D eigenvalue weighted by Gasteiger charge is -2.06. The summed E-state index contributed by atoms with van der Waals surface area (Å²) < 4.78 is 5.44. The summed E-state index contributed by atoms with van der Waals surface area (Å²) in [6, 6.07) is 18.9. The highest BCUT2D eigenvalue weighted by molar-refractivity contribution is 6.03. The lowest BCUT2D eigenvalue weighted by Crippen LogP contribution is -2.27. The van der Waals surface area contributed by atoms with Gasteiger partial charge in [-0.1, -0.05) is 36.4 Å². The van der Waals surface area contributed by atoms with Crippen LogP contribution < -0.4 is 10.6 Å². The zero-order valence-corrected chi connectivity index (χ0v) is 17.0. The van der Waals surface area contributed by atoms with Gasteiger partial charge in [-0.3, -0.25) is 9.59 Å². The average molecular weight is 446 g/mol. The summed E-state index contributed by atoms with van der Waals surface area (Å²) >= 11 is 0. The predicted octanol–water partition coefficient (Wildman–Crippen LogP) is 2.99. The molecule has 166 valence electrons. The third-order valence-electron chi connectivity index (χ3n) is 4.25. The Hall–Kier alpha value is -4.92. The molecular weight excluding hydrogens is 428 g/mol. The fourth-order valence-corrected chi connectivity index (χ4v) is 2.68. The minimum atomic E-state index is -1.39. The Bertz CT molecular complexity index is 1150. The first-order chi connectivity index (χ1) is 15.8. The molecule has 0 radical (unpaired) electrons. The number of rotatable bonds is 8. The van der Waals surface area contributed by atoms with Gasteiger partial charge in [0, 0.05) is 23.3 Å². The van der Waals surface area contributed by atoms with Crippen LogP contribution in [0.3, 0.4) is 0 Å². The summed E-state index contributed by atoms with van der Waals surface area (Å²) in [6.45, 7) is 0. The van der Waals surface area contributed by atoms with Crippen molar-refractivity contribution in [3.63, 3.8) is 0 Å². The molecule has 0 fully saturated rings. The molecule has 2 amide bonds. The molecule has 0 saturated heterocycles. The maximum absolute atomic E-state index is 12.2. The van der Waals surface area contributed by atoms with Gasteiger partial charge in [0.25, 0.3) is 11.8 Å². The van der Waals surface area contributed by atoms with Crippen molar-refractivity contribution in [2.45, 2.75) is 0 Å². The first-order valence-corrected chi connectivity index (χ1v) is 9.56. The van der Waals surface area contributed by atoms with Gasteiger partial charge in [0.15, 0.2) is 0 Å². The summed E-state index contributed by atoms with van der Waals surface area (Å²) in [6.07, 6.45) is 2.17. The number of carboxylic acids is 2. The number of benzene rings is 2. The van der Waals surface area contributed by atoms with Gasteiger partial charge in [-0.05, 0) is 36.4 Å². The Balaban J connectivity index is 1.79. The van der Waals surface area contributed by atoms with Crippen LogP contribution in [0.4, 0.5) is 0 Å². The second-order valence-corrected chi connectivity index (χ2v) is 6.61. The van der Waals surface area contributed by atoms with E-state index in [4.69, 9.17) is 4.42 Å². The molecule has 0 atom stereocenters. The van der Waals surface area contributed by atoms with E-state index in [2.05, 4.69) is 10.6 Å². The van der Waals surface area contributed by atoms with Crippen LogP contribution in [0.5, 0.6) is 0 Å². The summed E-state index contributed by atoms with van der Waals surface area (Å²) in [5, 5.41) is 23.4. The highest BCUT2D eigenvalue weighted by Gasteiger charge is 2.16. The van der Waals surface area contributed by atoms with E-state index in [-0.39, 0.29) is 22.6 Å². The molecular formula is C24H18N2O7. The first kappa shape index (κ1) is 22.8. The van der Waals surface area contributed by atoms with E-state index in [0.717, 1.165) is 12.2 Å². The van der Waals surface area contributed by atoms with Crippen LogP contribution in [0.15, 0.2) is 88.6 Å². The van der Waals surface area contributed by atoms with Crippen LogP contribution in [0, 0.1) is 0 Å². The number of furan rings is 1. The zero-order valence-electron chi connectivity index (χ0n) is 17.0. The minimum Gasteiger partial charge on any atom is -0.477 e. The van der Waals surface area contributed by atoms with Crippen LogP contribution in [-0.4, -0.2) is 34.0 Å². The molecule has 3 aromatic rings. The van der Waals surface area contributed by atoms with Crippen molar-refractivity contribution in [1.29, 1.82) is 0 Å². The Morgan fingerprint density at radius 1 is 0.606 bits per heavy atom. The fraction of sp³-hybridized carbons (Fsp3) is 0. The molecule has 9 nitrogen and oxygen atoms in total. The third kappa shape index (κ3) is 6.28. The van der Waals surface area contributed by atoms with Crippen LogP contribution >= 0.6 is 0 Å². The maximum Gasteiger partial charge on any atom is 0.352 e. The molecule has 0 bridgehead atoms. The van der Waals surface area contributed by atoms with Crippen LogP contribution in [0.25, 0.3) is 12.2 Å². The quantitative estimate of drug-likeness (QED) is 0.389. The van der Waals surface area contributed by atoms with Crippen molar-refractivity contribution >= 4 is 35.9 Å². The number of amides is 2. The number of hydrogen-bond acceptors (Lipinski definition) is 5. The highest BCUT2D eigenvalue weighted by Crippen LogP contribution is 2.15. The molecule has 1 aromatic heterocycles. The normalized spacial score (nSPS) is 11.5. The standard InChI is InChI=1S/C24H18N2O7/c27-21(15-7-3-1-4-8-15)25-19(23(29)30)13-17-11-12-18(33-17)14-20(24(31)32)26-22(28)16-9-5-2-6-10-16/h1-14H,(H,25,27)(H,26,28)(H,29,30)(H,31,32)/b19-13-,20-14+. The average Bonchev–Trinajstić information content (AvgIpc) is 3.26. The summed E-state index contributed by atoms with van der Waals surface area (Å²) in [5.74, 6) is -3.93. The van der Waals surface area contributed by atoms with Crippen LogP contribution in [0.1, 0.15) is 32.2 Å². The van der Waals surface area contributed by atoms with Gasteiger partial charge in [-0.25, -0.2) is 9.59 Å². The summed E-state index contributed by atoms with van der Waals surface area (Å²) in [5.41, 5.74) is -0.338. The maximum atomic E-state index is 12.2. The van der Waals surface area contributed by atoms with E-state index < -0.39 is 35.1 Å². The van der Waals surface area contributed by atoms with Crippen molar-refractivity contribution in [2.75, 3.05) is 0 Å². The Labute approximate surface area is 187 Å². The van der Waals surface area contributed by atoms with Crippen molar-refractivity contribution in [3.8, 4) is 0 Å². The number of carboxylic acid groups (broad SMARTS) is 2. The molecule has 0 aliphatic heterocycles. The molecule has 0 saturated carbocycles. The Morgan fingerprint density at radius 3 is 1.30 bits per heavy atom. The van der Waals surface area contributed by atoms with E-state index >= 15 is 0 Å². The fourth-order valence-electron chi connectivity index (χ4n) is 2.68. The van der Waals surface area contributed by atoms with Gasteiger partial charge >= 0.3 is 11.9 Å². The molecule has 0 unspecified atom stereocenters. The van der Waals surface area contributed by atoms with Gasteiger partial charge in [0.05, 0.1) is 0 Å². The number of hydrogen-bond donors (Lipinski definition) is 4. The topological polar surface area (TPSA) is 146 Å². The summed E-state index contributed by atoms with van der Waals surface area (Å²) in [4.78, 5) is 47.5. The SMILES string of the molecule is O=C(O)/C(=C/c1ccc(/C=C(/NC(=O)c2ccccc2)C(=O)O)o1)NC(=O)c1ccccc1. The number of carbonyl (C=O) groups is 4. The zero-order chi connectivity index (χ0) is 23.8. The van der Waals surface area contributed by atoms with E-state index in [1.54, 1.807) is 36.4 Å². The Kier molecular flexibility index (Phi) is 7.17. The van der Waals surface area contributed by atoms with Gasteiger partial charge in [0.1, 0.15) is 22.9 Å². The molecule has 0 aliphatic rings. The minimum absolute atomic E-state index is 0.0473. The number of aliphatic carboxylic acids is 2. The van der Waals surface area contributed by atoms with Gasteiger partial charge in [0.2, 0.25) is 0 Å². The van der Waals surface area contributed by atoms with Crippen molar-refractivity contribution in [2.24, 2.45) is 0 Å². The highest BCUT2D eigenvalue weighted by atomic mass is 16.4. The van der Waals surface area contributed by atoms with Gasteiger partial charge in [-0.15, -0.1) is 0 Å². The van der Waals surface area contributed by atoms with E-state index in [1.165, 1.54) is 36.4 Å². The lowest BCUT2D eigenvalue weighted by molar-refractivity contribution is -0.133. The number of nitrogens with one attached hydrogen (secondary N) is 2. The van der Waals surface area contributed by atoms with Crippen molar-refractivity contribution < 1.29 is 33.8 Å². The van der Waals surface area contributed by atoms with Gasteiger partial charge < -0.3 is 25.3 Å². The third-order valence-corrected chi connectivity index (χ3v) is 4.25. The van der Waals surface area contributed by atoms with Crippen molar-refractivity contribution in [1.82, 2.24) is 10.6 Å². The van der Waals surface area contributed by atoms with Crippen LogP contribution in [-0.2, 0) is 9.59 Å². The molecule has 33 heavy (non-hydrogen) atoms. The lowest BCUT2D eigenvalue weighted by atomic mass is 10.2. The second-order valence-electron chi connectivity index (χ2n) is 6.61. The first-order valence-electron chi connectivity index (χ1n) is 9.56. The smallest absolute Gasteiger partial charge is 0.352 e. The molecule has 3 rings (SSSR count). The molecule has 4 N–H and O–H groups in total. The summed E-state index contributed by atoms with van der Waals surface area (Å²) in [7, 11) is 0. The van der Waals surface area contributed by atoms with Gasteiger partial charge in [-0.2, -0.15) is 0 Å². The Morgan fingerprint density at radius 2 is 0.970 bits per heavy atom. The number of carbonyl (C=O) groups excluding carboxylic acids is 2.